The van der Waals surface area contributed by atoms with E-state index in [0.717, 1.165) is 5.56 Å². The van der Waals surface area contributed by atoms with E-state index in [2.05, 4.69) is 15.3 Å². The lowest BCUT2D eigenvalue weighted by Gasteiger charge is -2.08. The number of H-pyrrole nitrogens is 2. The van der Waals surface area contributed by atoms with E-state index in [4.69, 9.17) is 5.11 Å². The summed E-state index contributed by atoms with van der Waals surface area (Å²) in [6.07, 6.45) is 1.17. The van der Waals surface area contributed by atoms with Crippen LogP contribution in [0.5, 0.6) is 0 Å². The Balaban J connectivity index is 2.05. The van der Waals surface area contributed by atoms with Crippen molar-refractivity contribution < 1.29 is 14.7 Å². The molecule has 1 aromatic carbocycles. The molecule has 0 aliphatic rings. The van der Waals surface area contributed by atoms with Crippen LogP contribution in [0.25, 0.3) is 0 Å². The quantitative estimate of drug-likeness (QED) is 0.626. The molecule has 4 N–H and O–H groups in total. The highest BCUT2D eigenvalue weighted by molar-refractivity contribution is 5.91. The molecule has 7 heteroatoms. The number of benzene rings is 1. The molecule has 104 valence electrons. The van der Waals surface area contributed by atoms with Crippen LogP contribution in [0.3, 0.4) is 0 Å². The molecule has 0 spiro atoms. The molecule has 1 heterocycles. The van der Waals surface area contributed by atoms with Gasteiger partial charge in [-0.3, -0.25) is 9.59 Å². The van der Waals surface area contributed by atoms with Gasteiger partial charge >= 0.3 is 11.7 Å². The number of nitrogens with one attached hydrogen (secondary N) is 3. The first-order valence-corrected chi connectivity index (χ1v) is 5.90. The number of imidazole rings is 1. The van der Waals surface area contributed by atoms with Crippen LogP contribution in [-0.4, -0.2) is 27.0 Å². The van der Waals surface area contributed by atoms with Gasteiger partial charge in [-0.2, -0.15) is 0 Å². The van der Waals surface area contributed by atoms with E-state index in [1.54, 1.807) is 24.3 Å². The van der Waals surface area contributed by atoms with Crippen molar-refractivity contribution in [3.8, 4) is 0 Å². The van der Waals surface area contributed by atoms with E-state index in [1.807, 2.05) is 0 Å². The van der Waals surface area contributed by atoms with Gasteiger partial charge < -0.3 is 20.4 Å². The molecule has 0 saturated heterocycles. The van der Waals surface area contributed by atoms with E-state index in [-0.39, 0.29) is 18.7 Å². The highest BCUT2D eigenvalue weighted by Crippen LogP contribution is 2.09. The van der Waals surface area contributed by atoms with Crippen molar-refractivity contribution in [2.75, 3.05) is 0 Å². The van der Waals surface area contributed by atoms with Crippen LogP contribution in [0.2, 0.25) is 0 Å². The first-order valence-electron chi connectivity index (χ1n) is 5.90. The summed E-state index contributed by atoms with van der Waals surface area (Å²) in [5.41, 5.74) is 1.04. The second-order valence-electron chi connectivity index (χ2n) is 4.18. The Morgan fingerprint density at radius 1 is 1.20 bits per heavy atom. The average molecular weight is 275 g/mol. The molecular weight excluding hydrogens is 262 g/mol. The number of carboxylic acid groups (broad SMARTS) is 1. The average Bonchev–Trinajstić information content (AvgIpc) is 2.83. The van der Waals surface area contributed by atoms with Crippen LogP contribution < -0.4 is 11.0 Å². The lowest BCUT2D eigenvalue weighted by atomic mass is 10.0. The molecule has 0 aliphatic carbocycles. The van der Waals surface area contributed by atoms with Crippen LogP contribution in [0, 0.1) is 0 Å². The smallest absolute Gasteiger partial charge is 0.323 e. The van der Waals surface area contributed by atoms with Crippen molar-refractivity contribution in [2.24, 2.45) is 0 Å². The fraction of sp³-hybridized carbons (Fsp3) is 0.154. The Morgan fingerprint density at radius 2 is 1.90 bits per heavy atom. The molecule has 0 aliphatic heterocycles. The van der Waals surface area contributed by atoms with E-state index >= 15 is 0 Å². The molecule has 0 radical (unpaired) electrons. The normalized spacial score (nSPS) is 10.2. The molecule has 2 aromatic rings. The minimum Gasteiger partial charge on any atom is -0.481 e. The lowest BCUT2D eigenvalue weighted by Crippen LogP contribution is -2.24. The molecule has 2 rings (SSSR count). The largest absolute Gasteiger partial charge is 0.481 e. The van der Waals surface area contributed by atoms with Crippen molar-refractivity contribution in [3.05, 3.63) is 57.8 Å². The van der Waals surface area contributed by atoms with Gasteiger partial charge in [-0.1, -0.05) is 24.3 Å². The van der Waals surface area contributed by atoms with E-state index < -0.39 is 17.6 Å². The van der Waals surface area contributed by atoms with Crippen molar-refractivity contribution in [1.29, 1.82) is 0 Å². The Hall–Kier alpha value is -2.83. The Bertz CT molecular complexity index is 687. The van der Waals surface area contributed by atoms with Crippen molar-refractivity contribution in [3.63, 3.8) is 0 Å². The summed E-state index contributed by atoms with van der Waals surface area (Å²) in [5, 5.41) is 11.4. The first kappa shape index (κ1) is 13.6. The summed E-state index contributed by atoms with van der Waals surface area (Å²) < 4.78 is 0. The molecule has 20 heavy (non-hydrogen) atoms. The molecule has 7 nitrogen and oxygen atoms in total. The van der Waals surface area contributed by atoms with Gasteiger partial charge in [0.1, 0.15) is 5.69 Å². The predicted octanol–water partition coefficient (Wildman–Crippen LogP) is 0.260. The van der Waals surface area contributed by atoms with Gasteiger partial charge in [0.15, 0.2) is 0 Å². The van der Waals surface area contributed by atoms with E-state index in [0.29, 0.717) is 5.56 Å². The van der Waals surface area contributed by atoms with Crippen LogP contribution in [0.4, 0.5) is 0 Å². The van der Waals surface area contributed by atoms with Gasteiger partial charge in [0.25, 0.3) is 5.91 Å². The first-order chi connectivity index (χ1) is 9.56. The van der Waals surface area contributed by atoms with E-state index in [1.165, 1.54) is 6.20 Å². The molecule has 1 aromatic heterocycles. The fourth-order valence-corrected chi connectivity index (χ4v) is 1.79. The third-order valence-electron chi connectivity index (χ3n) is 2.74. The maximum absolute atomic E-state index is 11.7. The highest BCUT2D eigenvalue weighted by atomic mass is 16.4. The number of hydrogen-bond donors (Lipinski definition) is 4. The topological polar surface area (TPSA) is 115 Å². The van der Waals surface area contributed by atoms with Gasteiger partial charge in [-0.15, -0.1) is 0 Å². The Morgan fingerprint density at radius 3 is 2.50 bits per heavy atom. The summed E-state index contributed by atoms with van der Waals surface area (Å²) in [7, 11) is 0. The second kappa shape index (κ2) is 5.87. The molecule has 0 unspecified atom stereocenters. The molecule has 0 fully saturated rings. The van der Waals surface area contributed by atoms with Crippen molar-refractivity contribution >= 4 is 11.9 Å². The number of aromatic amines is 2. The van der Waals surface area contributed by atoms with E-state index in [9.17, 15) is 14.4 Å². The third kappa shape index (κ3) is 3.35. The minimum atomic E-state index is -0.932. The number of amides is 1. The van der Waals surface area contributed by atoms with Crippen LogP contribution in [0.1, 0.15) is 21.6 Å². The van der Waals surface area contributed by atoms with Crippen molar-refractivity contribution in [1.82, 2.24) is 15.3 Å². The molecule has 0 atom stereocenters. The predicted molar refractivity (Wildman–Crippen MR) is 70.4 cm³/mol. The van der Waals surface area contributed by atoms with Gasteiger partial charge in [0, 0.05) is 12.7 Å². The highest BCUT2D eigenvalue weighted by Gasteiger charge is 2.10. The van der Waals surface area contributed by atoms with Crippen LogP contribution in [0.15, 0.2) is 35.3 Å². The van der Waals surface area contributed by atoms with Crippen LogP contribution >= 0.6 is 0 Å². The molecule has 0 saturated carbocycles. The zero-order valence-electron chi connectivity index (χ0n) is 10.5. The molecule has 1 amide bonds. The van der Waals surface area contributed by atoms with Gasteiger partial charge in [0.2, 0.25) is 0 Å². The number of carboxylic acids is 1. The zero-order chi connectivity index (χ0) is 14.5. The summed E-state index contributed by atoms with van der Waals surface area (Å²) in [4.78, 5) is 38.1. The fourth-order valence-electron chi connectivity index (χ4n) is 1.79. The zero-order valence-corrected chi connectivity index (χ0v) is 10.5. The third-order valence-corrected chi connectivity index (χ3v) is 2.74. The molecular formula is C13H13N3O4. The van der Waals surface area contributed by atoms with Gasteiger partial charge in [0.05, 0.1) is 6.42 Å². The second-order valence-corrected chi connectivity index (χ2v) is 4.18. The van der Waals surface area contributed by atoms with Gasteiger partial charge in [-0.25, -0.2) is 4.79 Å². The summed E-state index contributed by atoms with van der Waals surface area (Å²) >= 11 is 0. The maximum Gasteiger partial charge on any atom is 0.323 e. The lowest BCUT2D eigenvalue weighted by molar-refractivity contribution is -0.136. The number of hydrogen-bond acceptors (Lipinski definition) is 3. The Labute approximate surface area is 113 Å². The number of rotatable bonds is 5. The number of carbonyl (C=O) groups excluding carboxylic acids is 1. The summed E-state index contributed by atoms with van der Waals surface area (Å²) in [6.45, 7) is 0.190. The molecule has 0 bridgehead atoms. The maximum atomic E-state index is 11.7. The standard InChI is InChI=1S/C13H13N3O4/c17-11(18)5-8-3-1-2-4-9(8)6-14-12(19)10-7-15-13(20)16-10/h1-4,7H,5-6H2,(H,14,19)(H,17,18)(H2,15,16,20). The number of aliphatic carboxylic acids is 1. The monoisotopic (exact) mass is 275 g/mol. The summed E-state index contributed by atoms with van der Waals surface area (Å²) in [5.74, 6) is -1.37. The SMILES string of the molecule is O=C(O)Cc1ccccc1CNC(=O)c1c[nH]c(=O)[nH]1. The Kier molecular flexibility index (Phi) is 3.99. The number of carbonyl (C=O) groups is 2. The minimum absolute atomic E-state index is 0.104. The van der Waals surface area contributed by atoms with Gasteiger partial charge in [-0.05, 0) is 11.1 Å². The van der Waals surface area contributed by atoms with Crippen LogP contribution in [-0.2, 0) is 17.8 Å². The summed E-state index contributed by atoms with van der Waals surface area (Å²) in [6, 6.07) is 6.96. The number of aromatic nitrogens is 2. The van der Waals surface area contributed by atoms with Crippen molar-refractivity contribution in [2.45, 2.75) is 13.0 Å².